The van der Waals surface area contributed by atoms with Crippen molar-refractivity contribution < 1.29 is 0 Å². The lowest BCUT2D eigenvalue weighted by molar-refractivity contribution is 0.220. The summed E-state index contributed by atoms with van der Waals surface area (Å²) in [6.07, 6.45) is 4.27. The van der Waals surface area contributed by atoms with Gasteiger partial charge in [-0.2, -0.15) is 5.10 Å². The predicted molar refractivity (Wildman–Crippen MR) is 74.8 cm³/mol. The monoisotopic (exact) mass is 251 g/mol. The summed E-state index contributed by atoms with van der Waals surface area (Å²) < 4.78 is 1.97. The maximum Gasteiger partial charge on any atom is 0.148 e. The fraction of sp³-hybridized carbons (Fsp3) is 0.769. The Labute approximate surface area is 109 Å². The van der Waals surface area contributed by atoms with Crippen LogP contribution < -0.4 is 11.1 Å². The van der Waals surface area contributed by atoms with Crippen molar-refractivity contribution in [1.29, 1.82) is 0 Å². The number of aromatic nitrogens is 2. The van der Waals surface area contributed by atoms with Gasteiger partial charge in [0.05, 0.1) is 0 Å². The predicted octanol–water partition coefficient (Wildman–Crippen LogP) is 1.30. The Balaban J connectivity index is 1.68. The zero-order valence-corrected chi connectivity index (χ0v) is 11.5. The number of nitrogens with zero attached hydrogens (tertiary/aromatic N) is 3. The molecule has 1 saturated heterocycles. The first-order valence-electron chi connectivity index (χ1n) is 6.92. The minimum absolute atomic E-state index is 0.413. The van der Waals surface area contributed by atoms with Gasteiger partial charge in [-0.3, -0.25) is 4.68 Å². The number of anilines is 1. The first-order valence-corrected chi connectivity index (χ1v) is 6.92. The van der Waals surface area contributed by atoms with Crippen molar-refractivity contribution in [2.75, 3.05) is 31.5 Å². The van der Waals surface area contributed by atoms with Gasteiger partial charge in [0.15, 0.2) is 0 Å². The summed E-state index contributed by atoms with van der Waals surface area (Å²) in [5.74, 6) is 0.970. The molecule has 1 aliphatic rings. The smallest absolute Gasteiger partial charge is 0.148 e. The van der Waals surface area contributed by atoms with Crippen LogP contribution in [0.4, 0.5) is 5.82 Å². The molecule has 102 valence electrons. The van der Waals surface area contributed by atoms with Crippen molar-refractivity contribution in [3.63, 3.8) is 0 Å². The van der Waals surface area contributed by atoms with Gasteiger partial charge in [0.2, 0.25) is 0 Å². The molecular weight excluding hydrogens is 226 g/mol. The molecule has 5 heteroatoms. The Hall–Kier alpha value is -1.07. The van der Waals surface area contributed by atoms with E-state index in [1.54, 1.807) is 0 Å². The van der Waals surface area contributed by atoms with Crippen LogP contribution >= 0.6 is 0 Å². The Morgan fingerprint density at radius 1 is 1.44 bits per heavy atom. The molecule has 0 spiro atoms. The van der Waals surface area contributed by atoms with E-state index in [-0.39, 0.29) is 0 Å². The first kappa shape index (κ1) is 13.4. The number of likely N-dealkylation sites (tertiary alicyclic amines) is 1. The molecule has 0 unspecified atom stereocenters. The van der Waals surface area contributed by atoms with Crippen molar-refractivity contribution in [2.45, 2.75) is 38.8 Å². The van der Waals surface area contributed by atoms with E-state index in [2.05, 4.69) is 29.2 Å². The highest BCUT2D eigenvalue weighted by Gasteiger charge is 2.15. The quantitative estimate of drug-likeness (QED) is 0.828. The van der Waals surface area contributed by atoms with Crippen molar-refractivity contribution in [3.8, 4) is 0 Å². The summed E-state index contributed by atoms with van der Waals surface area (Å²) in [6.45, 7) is 8.54. The van der Waals surface area contributed by atoms with Gasteiger partial charge in [0, 0.05) is 37.4 Å². The standard InChI is InChI=1S/C13H25N5/c1-11(2)18-9-5-13(16-18)15-6-10-17-7-3-12(14)4-8-17/h5,9,11-12H,3-4,6-8,10,14H2,1-2H3,(H,15,16). The fourth-order valence-electron chi connectivity index (χ4n) is 2.24. The highest BCUT2D eigenvalue weighted by molar-refractivity contribution is 5.32. The van der Waals surface area contributed by atoms with Crippen LogP contribution in [0, 0.1) is 0 Å². The van der Waals surface area contributed by atoms with E-state index in [1.165, 1.54) is 0 Å². The van der Waals surface area contributed by atoms with E-state index in [1.807, 2.05) is 16.9 Å². The average Bonchev–Trinajstić information content (AvgIpc) is 2.81. The number of nitrogens with two attached hydrogens (primary N) is 1. The van der Waals surface area contributed by atoms with Crippen LogP contribution in [0.2, 0.25) is 0 Å². The van der Waals surface area contributed by atoms with E-state index >= 15 is 0 Å². The van der Waals surface area contributed by atoms with Gasteiger partial charge in [-0.15, -0.1) is 0 Å². The molecule has 0 bridgehead atoms. The lowest BCUT2D eigenvalue weighted by atomic mass is 10.1. The highest BCUT2D eigenvalue weighted by atomic mass is 15.3. The molecule has 0 radical (unpaired) electrons. The molecule has 3 N–H and O–H groups in total. The molecule has 0 atom stereocenters. The number of hydrogen-bond donors (Lipinski definition) is 2. The molecule has 1 aliphatic heterocycles. The maximum atomic E-state index is 5.89. The Bertz CT molecular complexity index is 352. The highest BCUT2D eigenvalue weighted by Crippen LogP contribution is 2.09. The lowest BCUT2D eigenvalue weighted by Gasteiger charge is -2.29. The molecule has 1 aromatic rings. The van der Waals surface area contributed by atoms with Crippen LogP contribution in [0.25, 0.3) is 0 Å². The van der Waals surface area contributed by atoms with E-state index in [0.29, 0.717) is 12.1 Å². The van der Waals surface area contributed by atoms with Gasteiger partial charge < -0.3 is 16.0 Å². The summed E-state index contributed by atoms with van der Waals surface area (Å²) >= 11 is 0. The second-order valence-corrected chi connectivity index (χ2v) is 5.38. The second kappa shape index (κ2) is 6.20. The largest absolute Gasteiger partial charge is 0.367 e. The minimum atomic E-state index is 0.413. The van der Waals surface area contributed by atoms with Crippen LogP contribution in [0.1, 0.15) is 32.7 Å². The van der Waals surface area contributed by atoms with Gasteiger partial charge in [0.1, 0.15) is 5.82 Å². The number of nitrogens with one attached hydrogen (secondary N) is 1. The average molecular weight is 251 g/mol. The van der Waals surface area contributed by atoms with Gasteiger partial charge in [-0.05, 0) is 39.8 Å². The van der Waals surface area contributed by atoms with Crippen LogP contribution in [-0.4, -0.2) is 46.9 Å². The third-order valence-electron chi connectivity index (χ3n) is 3.50. The van der Waals surface area contributed by atoms with Crippen molar-refractivity contribution in [3.05, 3.63) is 12.3 Å². The SMILES string of the molecule is CC(C)n1ccc(NCCN2CCC(N)CC2)n1. The molecule has 0 saturated carbocycles. The molecule has 18 heavy (non-hydrogen) atoms. The Morgan fingerprint density at radius 3 is 2.78 bits per heavy atom. The molecule has 2 rings (SSSR count). The normalized spacial score (nSPS) is 18.4. The molecule has 1 aromatic heterocycles. The van der Waals surface area contributed by atoms with Crippen molar-refractivity contribution in [2.24, 2.45) is 5.73 Å². The third kappa shape index (κ3) is 3.71. The third-order valence-corrected chi connectivity index (χ3v) is 3.50. The zero-order chi connectivity index (χ0) is 13.0. The van der Waals surface area contributed by atoms with E-state index in [0.717, 1.165) is 44.8 Å². The lowest BCUT2D eigenvalue weighted by Crippen LogP contribution is -2.41. The molecule has 0 amide bonds. The van der Waals surface area contributed by atoms with Crippen LogP contribution in [0.15, 0.2) is 12.3 Å². The zero-order valence-electron chi connectivity index (χ0n) is 11.5. The molecular formula is C13H25N5. The molecule has 1 fully saturated rings. The number of piperidine rings is 1. The summed E-state index contributed by atoms with van der Waals surface area (Å²) in [6, 6.07) is 2.87. The first-order chi connectivity index (χ1) is 8.65. The van der Waals surface area contributed by atoms with Crippen molar-refractivity contribution >= 4 is 5.82 Å². The number of rotatable bonds is 5. The Morgan fingerprint density at radius 2 is 2.17 bits per heavy atom. The summed E-state index contributed by atoms with van der Waals surface area (Å²) in [4.78, 5) is 2.47. The second-order valence-electron chi connectivity index (χ2n) is 5.38. The van der Waals surface area contributed by atoms with Crippen molar-refractivity contribution in [1.82, 2.24) is 14.7 Å². The minimum Gasteiger partial charge on any atom is -0.367 e. The van der Waals surface area contributed by atoms with Crippen LogP contribution in [0.3, 0.4) is 0 Å². The fourth-order valence-corrected chi connectivity index (χ4v) is 2.24. The molecule has 2 heterocycles. The van der Waals surface area contributed by atoms with Gasteiger partial charge >= 0.3 is 0 Å². The Kier molecular flexibility index (Phi) is 4.60. The summed E-state index contributed by atoms with van der Waals surface area (Å²) in [5.41, 5.74) is 5.89. The summed E-state index contributed by atoms with van der Waals surface area (Å²) in [7, 11) is 0. The van der Waals surface area contributed by atoms with E-state index in [4.69, 9.17) is 5.73 Å². The topological polar surface area (TPSA) is 59.1 Å². The van der Waals surface area contributed by atoms with Crippen LogP contribution in [-0.2, 0) is 0 Å². The molecule has 5 nitrogen and oxygen atoms in total. The maximum absolute atomic E-state index is 5.89. The number of hydrogen-bond acceptors (Lipinski definition) is 4. The van der Waals surface area contributed by atoms with E-state index < -0.39 is 0 Å². The van der Waals surface area contributed by atoms with Gasteiger partial charge in [-0.25, -0.2) is 0 Å². The molecule has 0 aromatic carbocycles. The van der Waals surface area contributed by atoms with Gasteiger partial charge in [0.25, 0.3) is 0 Å². The van der Waals surface area contributed by atoms with Gasteiger partial charge in [-0.1, -0.05) is 0 Å². The summed E-state index contributed by atoms with van der Waals surface area (Å²) in [5, 5.41) is 7.85. The van der Waals surface area contributed by atoms with Crippen LogP contribution in [0.5, 0.6) is 0 Å². The molecule has 0 aliphatic carbocycles. The van der Waals surface area contributed by atoms with E-state index in [9.17, 15) is 0 Å².